The van der Waals surface area contributed by atoms with Gasteiger partial charge in [-0.2, -0.15) is 0 Å². The Bertz CT molecular complexity index is 3210. The van der Waals surface area contributed by atoms with Gasteiger partial charge in [-0.05, 0) is 107 Å². The summed E-state index contributed by atoms with van der Waals surface area (Å²) in [6.07, 6.45) is 16.5. The van der Waals surface area contributed by atoms with Gasteiger partial charge in [0, 0.05) is 61.5 Å². The minimum Gasteiger partial charge on any atom is -0.500 e. The Morgan fingerprint density at radius 3 is 2.33 bits per heavy atom. The Labute approximate surface area is 405 Å². The molecular formula is C58H61IrN5OSi-2. The predicted octanol–water partition coefficient (Wildman–Crippen LogP) is 14.7. The summed E-state index contributed by atoms with van der Waals surface area (Å²) in [7, 11) is -1.38. The number of hydrogen-bond acceptors (Lipinski definition) is 5. The third kappa shape index (κ3) is 8.50. The van der Waals surface area contributed by atoms with Gasteiger partial charge in [0.15, 0.2) is 0 Å². The first kappa shape index (κ1) is 45.9. The molecule has 3 aliphatic rings. The number of furan rings is 1. The zero-order valence-electron chi connectivity index (χ0n) is 39.9. The van der Waals surface area contributed by atoms with E-state index in [1.165, 1.54) is 66.1 Å². The SMILES string of the molecule is C[Si](C)(C)c1cnc(-c2[c-]cccc2)cc1CC1CC2CCC1CC2.Cc1cc2oc3c(-c4nc5cnccc5n4-c4c(C(C)C)cc5ccccc5c4C(C)C)[c-]cc(C)c3c2cn1.[Ir]. The Hall–Kier alpha value is -5.27. The standard InChI is InChI=1S/C35H31N4O.C23H30NSi.Ir/c1-19(2)26-16-23-9-7-8-10-24(23)31(20(3)4)33(26)39-29-13-14-36-18-28(29)38-35(39)25-12-11-21(5)32-27-17-37-22(6)15-30(27)40-34(25)32;1-25(2,3)23-16-24-22(19-7-5-4-6-8-19)15-21(23)14-20-13-17-9-11-18(20)12-10-17;/h7-11,13-20H,1-6H3;4-7,15-18,20H,9-14H2,1-3H3;/q2*-1;. The van der Waals surface area contributed by atoms with Crippen molar-refractivity contribution in [3.05, 3.63) is 144 Å². The molecule has 1 atom stereocenters. The van der Waals surface area contributed by atoms with Crippen molar-refractivity contribution in [1.82, 2.24) is 24.5 Å². The molecule has 3 aliphatic carbocycles. The van der Waals surface area contributed by atoms with Gasteiger partial charge < -0.3 is 14.0 Å². The van der Waals surface area contributed by atoms with E-state index in [1.54, 1.807) is 10.8 Å². The average molecular weight is 1060 g/mol. The van der Waals surface area contributed by atoms with E-state index < -0.39 is 8.07 Å². The van der Waals surface area contributed by atoms with Crippen molar-refractivity contribution in [2.24, 2.45) is 17.8 Å². The molecule has 3 fully saturated rings. The van der Waals surface area contributed by atoms with E-state index in [2.05, 4.69) is 142 Å². The summed E-state index contributed by atoms with van der Waals surface area (Å²) >= 11 is 0. The zero-order valence-corrected chi connectivity index (χ0v) is 43.3. The minimum absolute atomic E-state index is 0. The molecule has 8 heteroatoms. The van der Waals surface area contributed by atoms with Crippen LogP contribution in [0.3, 0.4) is 0 Å². The molecule has 1 radical (unpaired) electrons. The van der Waals surface area contributed by atoms with E-state index in [-0.39, 0.29) is 26.0 Å². The molecule has 0 aliphatic heterocycles. The van der Waals surface area contributed by atoms with Gasteiger partial charge in [0.05, 0.1) is 36.7 Å². The third-order valence-corrected chi connectivity index (χ3v) is 16.5. The Morgan fingerprint density at radius 2 is 1.62 bits per heavy atom. The van der Waals surface area contributed by atoms with Crippen molar-refractivity contribution in [3.8, 4) is 28.3 Å². The van der Waals surface area contributed by atoms with Crippen molar-refractivity contribution in [1.29, 1.82) is 0 Å². The van der Waals surface area contributed by atoms with Crippen molar-refractivity contribution in [2.45, 2.75) is 112 Å². The quantitative estimate of drug-likeness (QED) is 0.112. The fourth-order valence-corrected chi connectivity index (χ4v) is 12.8. The fourth-order valence-electron chi connectivity index (χ4n) is 11.2. The van der Waals surface area contributed by atoms with Crippen LogP contribution in [0.1, 0.15) is 99.6 Å². The summed E-state index contributed by atoms with van der Waals surface area (Å²) in [4.78, 5) is 19.0. The summed E-state index contributed by atoms with van der Waals surface area (Å²) in [6.45, 7) is 20.5. The topological polar surface area (TPSA) is 69.6 Å². The molecule has 2 bridgehead atoms. The van der Waals surface area contributed by atoms with Crippen molar-refractivity contribution >= 4 is 57.0 Å². The number of fused-ring (bicyclic) bond motifs is 8. The first-order valence-corrected chi connectivity index (χ1v) is 27.4. The molecule has 12 rings (SSSR count). The summed E-state index contributed by atoms with van der Waals surface area (Å²) in [6, 6.07) is 34.7. The van der Waals surface area contributed by atoms with Crippen LogP contribution in [0.2, 0.25) is 19.6 Å². The number of benzene rings is 4. The number of nitrogens with zero attached hydrogens (tertiary/aromatic N) is 5. The van der Waals surface area contributed by atoms with Crippen LogP contribution < -0.4 is 5.19 Å². The van der Waals surface area contributed by atoms with E-state index in [4.69, 9.17) is 14.4 Å². The third-order valence-electron chi connectivity index (χ3n) is 14.4. The molecule has 0 N–H and O–H groups in total. The normalized spacial score (nSPS) is 17.2. The zero-order chi connectivity index (χ0) is 45.1. The van der Waals surface area contributed by atoms with Crippen LogP contribution in [0, 0.1) is 43.7 Å². The maximum atomic E-state index is 6.57. The van der Waals surface area contributed by atoms with E-state index in [1.807, 2.05) is 49.8 Å². The van der Waals surface area contributed by atoms with Crippen molar-refractivity contribution < 1.29 is 24.5 Å². The number of aromatic nitrogens is 5. The van der Waals surface area contributed by atoms with Gasteiger partial charge in [-0.1, -0.05) is 114 Å². The molecule has 1 unspecified atom stereocenters. The molecule has 5 aromatic heterocycles. The van der Waals surface area contributed by atoms with Crippen molar-refractivity contribution in [3.63, 3.8) is 0 Å². The van der Waals surface area contributed by atoms with E-state index >= 15 is 0 Å². The Kier molecular flexibility index (Phi) is 12.8. The van der Waals surface area contributed by atoms with Crippen LogP contribution in [-0.2, 0) is 26.5 Å². The number of hydrogen-bond donors (Lipinski definition) is 0. The van der Waals surface area contributed by atoms with E-state index in [0.717, 1.165) is 84.6 Å². The molecule has 5 heterocycles. The molecule has 339 valence electrons. The maximum absolute atomic E-state index is 6.57. The van der Waals surface area contributed by atoms with Gasteiger partial charge >= 0.3 is 0 Å². The number of aryl methyl sites for hydroxylation is 2. The van der Waals surface area contributed by atoms with Gasteiger partial charge in [-0.15, -0.1) is 53.6 Å². The van der Waals surface area contributed by atoms with E-state index in [9.17, 15) is 0 Å². The fraction of sp³-hybridized carbons (Fsp3) is 0.345. The predicted molar refractivity (Wildman–Crippen MR) is 272 cm³/mol. The number of rotatable bonds is 8. The van der Waals surface area contributed by atoms with Crippen LogP contribution in [-0.4, -0.2) is 32.6 Å². The smallest absolute Gasteiger partial charge is 0.124 e. The number of pyridine rings is 3. The summed E-state index contributed by atoms with van der Waals surface area (Å²) in [5.41, 5.74) is 13.9. The number of imidazole rings is 1. The largest absolute Gasteiger partial charge is 0.500 e. The minimum atomic E-state index is -1.38. The van der Waals surface area contributed by atoms with Crippen LogP contribution >= 0.6 is 0 Å². The maximum Gasteiger partial charge on any atom is 0.124 e. The van der Waals surface area contributed by atoms with Gasteiger partial charge in [0.25, 0.3) is 0 Å². The molecule has 0 saturated heterocycles. The van der Waals surface area contributed by atoms with Gasteiger partial charge in [0.1, 0.15) is 5.58 Å². The molecule has 0 spiro atoms. The molecule has 9 aromatic rings. The first-order valence-electron chi connectivity index (χ1n) is 23.9. The second-order valence-electron chi connectivity index (χ2n) is 20.6. The van der Waals surface area contributed by atoms with Gasteiger partial charge in [-0.25, -0.2) is 0 Å². The summed E-state index contributed by atoms with van der Waals surface area (Å²) in [5.74, 6) is 4.27. The second kappa shape index (κ2) is 18.4. The Morgan fingerprint density at radius 1 is 0.833 bits per heavy atom. The van der Waals surface area contributed by atoms with Crippen LogP contribution in [0.5, 0.6) is 0 Å². The van der Waals surface area contributed by atoms with Crippen LogP contribution in [0.4, 0.5) is 0 Å². The van der Waals surface area contributed by atoms with Crippen LogP contribution in [0.25, 0.3) is 72.1 Å². The van der Waals surface area contributed by atoms with Crippen molar-refractivity contribution in [2.75, 3.05) is 0 Å². The molecule has 66 heavy (non-hydrogen) atoms. The monoisotopic (exact) mass is 1060 g/mol. The van der Waals surface area contributed by atoms with Crippen LogP contribution in [0.15, 0.2) is 108 Å². The van der Waals surface area contributed by atoms with E-state index in [0.29, 0.717) is 5.92 Å². The molecule has 0 amide bonds. The van der Waals surface area contributed by atoms with Gasteiger partial charge in [-0.3, -0.25) is 15.0 Å². The summed E-state index contributed by atoms with van der Waals surface area (Å²) < 4.78 is 8.90. The first-order chi connectivity index (χ1) is 31.3. The molecule has 3 saturated carbocycles. The summed E-state index contributed by atoms with van der Waals surface area (Å²) in [5, 5.41) is 6.15. The average Bonchev–Trinajstić information content (AvgIpc) is 3.88. The second-order valence-corrected chi connectivity index (χ2v) is 25.6. The molecular weight excluding hydrogens is 1000 g/mol. The molecule has 6 nitrogen and oxygen atoms in total. The van der Waals surface area contributed by atoms with Gasteiger partial charge in [0.2, 0.25) is 0 Å². The molecule has 4 aromatic carbocycles. The Balaban J connectivity index is 0.000000181.